The Morgan fingerprint density at radius 1 is 1.03 bits per heavy atom. The monoisotopic (exact) mass is 474 g/mol. The number of halogens is 3. The third-order valence-corrected chi connectivity index (χ3v) is 6.61. The first-order chi connectivity index (χ1) is 16.3. The van der Waals surface area contributed by atoms with Crippen molar-refractivity contribution in [3.8, 4) is 0 Å². The van der Waals surface area contributed by atoms with Crippen LogP contribution in [0.1, 0.15) is 53.1 Å². The Morgan fingerprint density at radius 3 is 2.41 bits per heavy atom. The summed E-state index contributed by atoms with van der Waals surface area (Å²) in [7, 11) is 0. The number of benzene rings is 2. The lowest BCUT2D eigenvalue weighted by Gasteiger charge is -2.38. The predicted molar refractivity (Wildman–Crippen MR) is 122 cm³/mol. The van der Waals surface area contributed by atoms with E-state index in [1.807, 2.05) is 18.2 Å². The third-order valence-electron chi connectivity index (χ3n) is 6.61. The Hall–Kier alpha value is -2.87. The van der Waals surface area contributed by atoms with Crippen LogP contribution >= 0.6 is 0 Å². The number of carbonyl (C=O) groups is 2. The second-order valence-corrected chi connectivity index (χ2v) is 9.14. The molecular formula is C26H29F3N2O3. The standard InChI is InChI=1S/C26H29F3N2O3/c27-26(28,29)22-10-8-19(9-11-22)21-13-18(14-24(32)20-5-2-1-3-6-20)16-31(17-21)25(33)30-15-23-7-4-12-34-23/h1-3,5-6,8-11,18,21,23H,4,7,12-17H2,(H,30,33). The van der Waals surface area contributed by atoms with Crippen molar-refractivity contribution in [2.75, 3.05) is 26.2 Å². The SMILES string of the molecule is O=C(CC1CC(c2ccc(C(F)(F)F)cc2)CN(C(=O)NCC2CCCO2)C1)c1ccccc1. The molecule has 34 heavy (non-hydrogen) atoms. The first-order valence-corrected chi connectivity index (χ1v) is 11.7. The molecule has 182 valence electrons. The van der Waals surface area contributed by atoms with Crippen molar-refractivity contribution in [2.45, 2.75) is 43.9 Å². The number of piperidine rings is 1. The van der Waals surface area contributed by atoms with Gasteiger partial charge < -0.3 is 15.0 Å². The van der Waals surface area contributed by atoms with Gasteiger partial charge in [0.05, 0.1) is 11.7 Å². The van der Waals surface area contributed by atoms with E-state index >= 15 is 0 Å². The Morgan fingerprint density at radius 2 is 1.76 bits per heavy atom. The number of alkyl halides is 3. The molecule has 2 heterocycles. The molecule has 0 saturated carbocycles. The molecule has 2 aromatic carbocycles. The van der Waals surface area contributed by atoms with E-state index in [0.29, 0.717) is 38.2 Å². The zero-order valence-corrected chi connectivity index (χ0v) is 18.9. The maximum absolute atomic E-state index is 13.0. The van der Waals surface area contributed by atoms with E-state index in [1.165, 1.54) is 12.1 Å². The van der Waals surface area contributed by atoms with Crippen LogP contribution in [0.5, 0.6) is 0 Å². The molecule has 0 radical (unpaired) electrons. The minimum atomic E-state index is -4.40. The van der Waals surface area contributed by atoms with Crippen LogP contribution in [0.4, 0.5) is 18.0 Å². The van der Waals surface area contributed by atoms with Gasteiger partial charge in [0.1, 0.15) is 0 Å². The Kier molecular flexibility index (Phi) is 7.56. The lowest BCUT2D eigenvalue weighted by molar-refractivity contribution is -0.137. The molecule has 5 nitrogen and oxygen atoms in total. The maximum Gasteiger partial charge on any atom is 0.416 e. The van der Waals surface area contributed by atoms with Crippen LogP contribution in [0.3, 0.4) is 0 Å². The first-order valence-electron chi connectivity index (χ1n) is 11.7. The van der Waals surface area contributed by atoms with Crippen LogP contribution < -0.4 is 5.32 Å². The number of Topliss-reactive ketones (excluding diaryl/α,β-unsaturated/α-hetero) is 1. The number of hydrogen-bond acceptors (Lipinski definition) is 3. The minimum absolute atomic E-state index is 0.00150. The van der Waals surface area contributed by atoms with Crippen molar-refractivity contribution in [1.82, 2.24) is 10.2 Å². The third kappa shape index (κ3) is 6.17. The zero-order valence-electron chi connectivity index (χ0n) is 18.9. The lowest BCUT2D eigenvalue weighted by atomic mass is 9.81. The van der Waals surface area contributed by atoms with Crippen molar-refractivity contribution in [3.63, 3.8) is 0 Å². The average Bonchev–Trinajstić information content (AvgIpc) is 3.36. The Balaban J connectivity index is 1.48. The van der Waals surface area contributed by atoms with Gasteiger partial charge in [0.15, 0.2) is 5.78 Å². The first kappa shape index (κ1) is 24.3. The van der Waals surface area contributed by atoms with Gasteiger partial charge in [-0.05, 0) is 42.9 Å². The van der Waals surface area contributed by atoms with Gasteiger partial charge in [-0.15, -0.1) is 0 Å². The van der Waals surface area contributed by atoms with Gasteiger partial charge >= 0.3 is 12.2 Å². The van der Waals surface area contributed by atoms with Crippen LogP contribution in [-0.2, 0) is 10.9 Å². The van der Waals surface area contributed by atoms with E-state index in [0.717, 1.165) is 30.5 Å². The van der Waals surface area contributed by atoms with Gasteiger partial charge in [0.25, 0.3) is 0 Å². The molecule has 2 fully saturated rings. The van der Waals surface area contributed by atoms with Gasteiger partial charge in [-0.3, -0.25) is 4.79 Å². The molecule has 0 bridgehead atoms. The summed E-state index contributed by atoms with van der Waals surface area (Å²) in [6.45, 7) is 1.93. The van der Waals surface area contributed by atoms with Gasteiger partial charge in [-0.1, -0.05) is 42.5 Å². The molecule has 0 aromatic heterocycles. The summed E-state index contributed by atoms with van der Waals surface area (Å²) in [5.74, 6) is -0.251. The van der Waals surface area contributed by atoms with E-state index < -0.39 is 11.7 Å². The Bertz CT molecular complexity index is 973. The van der Waals surface area contributed by atoms with Crippen LogP contribution in [0.2, 0.25) is 0 Å². The summed E-state index contributed by atoms with van der Waals surface area (Å²) in [6.07, 6.45) is -1.61. The zero-order chi connectivity index (χ0) is 24.1. The lowest BCUT2D eigenvalue weighted by Crippen LogP contribution is -2.49. The molecule has 1 N–H and O–H groups in total. The molecule has 2 amide bonds. The van der Waals surface area contributed by atoms with Crippen LogP contribution in [0, 0.1) is 5.92 Å². The number of nitrogens with zero attached hydrogens (tertiary/aromatic N) is 1. The molecule has 4 rings (SSSR count). The molecular weight excluding hydrogens is 445 g/mol. The van der Waals surface area contributed by atoms with Crippen molar-refractivity contribution in [2.24, 2.45) is 5.92 Å². The summed E-state index contributed by atoms with van der Waals surface area (Å²) >= 11 is 0. The second kappa shape index (κ2) is 10.6. The topological polar surface area (TPSA) is 58.6 Å². The molecule has 3 atom stereocenters. The summed E-state index contributed by atoms with van der Waals surface area (Å²) in [5.41, 5.74) is 0.657. The minimum Gasteiger partial charge on any atom is -0.376 e. The number of urea groups is 1. The predicted octanol–water partition coefficient (Wildman–Crippen LogP) is 5.27. The molecule has 0 spiro atoms. The highest BCUT2D eigenvalue weighted by Crippen LogP contribution is 2.35. The number of hydrogen-bond donors (Lipinski definition) is 1. The average molecular weight is 475 g/mol. The van der Waals surface area contributed by atoms with E-state index in [1.54, 1.807) is 17.0 Å². The van der Waals surface area contributed by atoms with Crippen LogP contribution in [0.15, 0.2) is 54.6 Å². The Labute approximate surface area is 197 Å². The summed E-state index contributed by atoms with van der Waals surface area (Å²) in [5, 5.41) is 2.93. The van der Waals surface area contributed by atoms with Gasteiger partial charge in [0.2, 0.25) is 0 Å². The molecule has 2 aromatic rings. The second-order valence-electron chi connectivity index (χ2n) is 9.14. The highest BCUT2D eigenvalue weighted by atomic mass is 19.4. The van der Waals surface area contributed by atoms with Gasteiger partial charge in [-0.25, -0.2) is 4.79 Å². The molecule has 2 aliphatic heterocycles. The number of rotatable bonds is 6. The van der Waals surface area contributed by atoms with E-state index in [2.05, 4.69) is 5.32 Å². The molecule has 2 aliphatic rings. The fraction of sp³-hybridized carbons (Fsp3) is 0.462. The number of ketones is 1. The quantitative estimate of drug-likeness (QED) is 0.580. The number of nitrogens with one attached hydrogen (secondary N) is 1. The molecule has 3 unspecified atom stereocenters. The summed E-state index contributed by atoms with van der Waals surface area (Å²) < 4.78 is 44.6. The summed E-state index contributed by atoms with van der Waals surface area (Å²) in [4.78, 5) is 27.5. The highest BCUT2D eigenvalue weighted by molar-refractivity contribution is 5.96. The smallest absolute Gasteiger partial charge is 0.376 e. The van der Waals surface area contributed by atoms with Gasteiger partial charge in [-0.2, -0.15) is 13.2 Å². The van der Waals surface area contributed by atoms with Crippen LogP contribution in [0.25, 0.3) is 0 Å². The van der Waals surface area contributed by atoms with Crippen LogP contribution in [-0.4, -0.2) is 49.1 Å². The van der Waals surface area contributed by atoms with Crippen molar-refractivity contribution >= 4 is 11.8 Å². The largest absolute Gasteiger partial charge is 0.416 e. The van der Waals surface area contributed by atoms with E-state index in [9.17, 15) is 22.8 Å². The highest BCUT2D eigenvalue weighted by Gasteiger charge is 2.34. The normalized spacial score (nSPS) is 23.0. The van der Waals surface area contributed by atoms with Crippen molar-refractivity contribution < 1.29 is 27.5 Å². The van der Waals surface area contributed by atoms with E-state index in [-0.39, 0.29) is 36.2 Å². The number of amides is 2. The number of ether oxygens (including phenoxy) is 1. The number of carbonyl (C=O) groups excluding carboxylic acids is 2. The fourth-order valence-corrected chi connectivity index (χ4v) is 4.83. The maximum atomic E-state index is 13.0. The molecule has 0 aliphatic carbocycles. The number of likely N-dealkylation sites (tertiary alicyclic amines) is 1. The molecule has 2 saturated heterocycles. The summed E-state index contributed by atoms with van der Waals surface area (Å²) in [6, 6.07) is 13.9. The van der Waals surface area contributed by atoms with Crippen molar-refractivity contribution in [3.05, 3.63) is 71.3 Å². The van der Waals surface area contributed by atoms with E-state index in [4.69, 9.17) is 4.74 Å². The fourth-order valence-electron chi connectivity index (χ4n) is 4.83. The van der Waals surface area contributed by atoms with Crippen molar-refractivity contribution in [1.29, 1.82) is 0 Å². The molecule has 8 heteroatoms. The van der Waals surface area contributed by atoms with Gasteiger partial charge in [0, 0.05) is 44.1 Å².